The van der Waals surface area contributed by atoms with Crippen molar-refractivity contribution < 1.29 is 4.74 Å². The maximum Gasteiger partial charge on any atom is 0.167 e. The Balaban J connectivity index is 2.09. The number of nitrogens with zero attached hydrogens (tertiary/aromatic N) is 3. The first-order valence-corrected chi connectivity index (χ1v) is 6.65. The van der Waals surface area contributed by atoms with E-state index in [-0.39, 0.29) is 0 Å². The minimum atomic E-state index is 0.296. The van der Waals surface area contributed by atoms with Gasteiger partial charge in [0.2, 0.25) is 0 Å². The van der Waals surface area contributed by atoms with Gasteiger partial charge in [-0.15, -0.1) is 10.2 Å². The van der Waals surface area contributed by atoms with Crippen molar-refractivity contribution in [1.29, 1.82) is 0 Å². The molecule has 0 aliphatic carbocycles. The Bertz CT molecular complexity index is 579. The van der Waals surface area contributed by atoms with Crippen molar-refractivity contribution in [2.24, 2.45) is 0 Å². The number of hydrogen-bond acceptors (Lipinski definition) is 4. The van der Waals surface area contributed by atoms with Crippen LogP contribution in [-0.4, -0.2) is 28.4 Å². The summed E-state index contributed by atoms with van der Waals surface area (Å²) in [6.07, 6.45) is 1.02. The number of fused-ring (bicyclic) bond motifs is 1. The highest BCUT2D eigenvalue weighted by Gasteiger charge is 2.24. The summed E-state index contributed by atoms with van der Waals surface area (Å²) in [5.41, 5.74) is 1.00. The number of methoxy groups -OCH3 is 1. The molecular formula is C14H18N4O. The molecule has 0 saturated heterocycles. The molecule has 100 valence electrons. The monoisotopic (exact) mass is 258 g/mol. The second-order valence-corrected chi connectivity index (χ2v) is 4.65. The van der Waals surface area contributed by atoms with E-state index in [4.69, 9.17) is 4.74 Å². The molecule has 1 aliphatic heterocycles. The third-order valence-corrected chi connectivity index (χ3v) is 3.57. The number of hydrogen-bond donors (Lipinski definition) is 1. The molecule has 0 amide bonds. The van der Waals surface area contributed by atoms with Crippen molar-refractivity contribution in [2.45, 2.75) is 25.9 Å². The lowest BCUT2D eigenvalue weighted by molar-refractivity contribution is 0.404. The van der Waals surface area contributed by atoms with Crippen molar-refractivity contribution in [1.82, 2.24) is 20.1 Å². The number of aromatic nitrogens is 3. The van der Waals surface area contributed by atoms with Gasteiger partial charge < -0.3 is 14.6 Å². The molecule has 1 atom stereocenters. The minimum absolute atomic E-state index is 0.296. The Morgan fingerprint density at radius 1 is 1.37 bits per heavy atom. The van der Waals surface area contributed by atoms with E-state index in [9.17, 15) is 0 Å². The molecule has 1 aromatic carbocycles. The summed E-state index contributed by atoms with van der Waals surface area (Å²) < 4.78 is 7.61. The van der Waals surface area contributed by atoms with E-state index in [0.717, 1.165) is 42.5 Å². The first-order valence-electron chi connectivity index (χ1n) is 6.65. The van der Waals surface area contributed by atoms with Crippen LogP contribution in [-0.2, 0) is 6.54 Å². The van der Waals surface area contributed by atoms with Crippen LogP contribution in [0.25, 0.3) is 11.4 Å². The minimum Gasteiger partial charge on any atom is -0.496 e. The molecule has 5 nitrogen and oxygen atoms in total. The summed E-state index contributed by atoms with van der Waals surface area (Å²) in [4.78, 5) is 0. The summed E-state index contributed by atoms with van der Waals surface area (Å²) in [6, 6.07) is 8.24. The molecule has 0 saturated carbocycles. The Morgan fingerprint density at radius 2 is 2.21 bits per heavy atom. The Labute approximate surface area is 112 Å². The zero-order chi connectivity index (χ0) is 13.2. The Morgan fingerprint density at radius 3 is 3.00 bits per heavy atom. The lowest BCUT2D eigenvalue weighted by Gasteiger charge is -2.24. The van der Waals surface area contributed by atoms with E-state index in [1.165, 1.54) is 0 Å². The first kappa shape index (κ1) is 12.2. The molecule has 2 heterocycles. The second-order valence-electron chi connectivity index (χ2n) is 4.65. The van der Waals surface area contributed by atoms with Crippen LogP contribution in [0.3, 0.4) is 0 Å². The van der Waals surface area contributed by atoms with Crippen LogP contribution >= 0.6 is 0 Å². The molecule has 1 aromatic heterocycles. The number of nitrogens with one attached hydrogen (secondary N) is 1. The molecule has 2 aromatic rings. The Hall–Kier alpha value is -1.88. The number of rotatable bonds is 3. The summed E-state index contributed by atoms with van der Waals surface area (Å²) in [5, 5.41) is 12.2. The van der Waals surface area contributed by atoms with Crippen LogP contribution < -0.4 is 10.1 Å². The van der Waals surface area contributed by atoms with E-state index >= 15 is 0 Å². The zero-order valence-electron chi connectivity index (χ0n) is 11.3. The summed E-state index contributed by atoms with van der Waals surface area (Å²) in [6.45, 7) is 4.00. The van der Waals surface area contributed by atoms with Gasteiger partial charge in [-0.1, -0.05) is 19.1 Å². The summed E-state index contributed by atoms with van der Waals surface area (Å²) in [5.74, 6) is 2.76. The SMILES string of the molecule is CCC1NCCn2c(-c3ccccc3OC)nnc21. The van der Waals surface area contributed by atoms with Gasteiger partial charge in [0.05, 0.1) is 18.7 Å². The molecule has 3 rings (SSSR count). The number of benzene rings is 1. The van der Waals surface area contributed by atoms with Crippen LogP contribution in [0.1, 0.15) is 25.2 Å². The highest BCUT2D eigenvalue weighted by atomic mass is 16.5. The van der Waals surface area contributed by atoms with Crippen LogP contribution in [0.5, 0.6) is 5.75 Å². The molecule has 5 heteroatoms. The van der Waals surface area contributed by atoms with Crippen molar-refractivity contribution in [2.75, 3.05) is 13.7 Å². The molecule has 1 aliphatic rings. The third-order valence-electron chi connectivity index (χ3n) is 3.57. The van der Waals surface area contributed by atoms with Crippen molar-refractivity contribution in [3.05, 3.63) is 30.1 Å². The van der Waals surface area contributed by atoms with E-state index in [2.05, 4.69) is 27.0 Å². The normalized spacial score (nSPS) is 18.1. The predicted octanol–water partition coefficient (Wildman–Crippen LogP) is 2.01. The van der Waals surface area contributed by atoms with Gasteiger partial charge in [0.1, 0.15) is 5.75 Å². The summed E-state index contributed by atoms with van der Waals surface area (Å²) in [7, 11) is 1.68. The molecule has 0 radical (unpaired) electrons. The van der Waals surface area contributed by atoms with Crippen LogP contribution in [0, 0.1) is 0 Å². The van der Waals surface area contributed by atoms with E-state index in [0.29, 0.717) is 6.04 Å². The lowest BCUT2D eigenvalue weighted by atomic mass is 10.1. The largest absolute Gasteiger partial charge is 0.496 e. The standard InChI is InChI=1S/C14H18N4O/c1-3-11-14-17-16-13(18(14)9-8-15-11)10-6-4-5-7-12(10)19-2/h4-7,11,15H,3,8-9H2,1-2H3. The van der Waals surface area contributed by atoms with E-state index < -0.39 is 0 Å². The quantitative estimate of drug-likeness (QED) is 0.915. The average Bonchev–Trinajstić information content (AvgIpc) is 2.90. The van der Waals surface area contributed by atoms with Gasteiger partial charge >= 0.3 is 0 Å². The maximum atomic E-state index is 5.42. The van der Waals surface area contributed by atoms with Crippen molar-refractivity contribution in [3.63, 3.8) is 0 Å². The third kappa shape index (κ3) is 2.00. The van der Waals surface area contributed by atoms with Gasteiger partial charge in [0.15, 0.2) is 11.6 Å². The molecular weight excluding hydrogens is 240 g/mol. The van der Waals surface area contributed by atoms with Crippen molar-refractivity contribution >= 4 is 0 Å². The fraction of sp³-hybridized carbons (Fsp3) is 0.429. The van der Waals surface area contributed by atoms with Gasteiger partial charge in [-0.05, 0) is 18.6 Å². The van der Waals surface area contributed by atoms with Crippen LogP contribution in [0.2, 0.25) is 0 Å². The molecule has 1 unspecified atom stereocenters. The van der Waals surface area contributed by atoms with Gasteiger partial charge in [-0.25, -0.2) is 0 Å². The fourth-order valence-electron chi connectivity index (χ4n) is 2.59. The van der Waals surface area contributed by atoms with Crippen molar-refractivity contribution in [3.8, 4) is 17.1 Å². The molecule has 0 fully saturated rings. The van der Waals surface area contributed by atoms with Crippen LogP contribution in [0.15, 0.2) is 24.3 Å². The topological polar surface area (TPSA) is 52.0 Å². The lowest BCUT2D eigenvalue weighted by Crippen LogP contribution is -2.33. The summed E-state index contributed by atoms with van der Waals surface area (Å²) >= 11 is 0. The van der Waals surface area contributed by atoms with Crippen LogP contribution in [0.4, 0.5) is 0 Å². The highest BCUT2D eigenvalue weighted by Crippen LogP contribution is 2.31. The maximum absolute atomic E-state index is 5.42. The van der Waals surface area contributed by atoms with E-state index in [1.54, 1.807) is 7.11 Å². The molecule has 19 heavy (non-hydrogen) atoms. The fourth-order valence-corrected chi connectivity index (χ4v) is 2.59. The number of para-hydroxylation sites is 1. The first-order chi connectivity index (χ1) is 9.35. The zero-order valence-corrected chi connectivity index (χ0v) is 11.3. The predicted molar refractivity (Wildman–Crippen MR) is 73.0 cm³/mol. The van der Waals surface area contributed by atoms with Gasteiger partial charge in [0, 0.05) is 13.1 Å². The smallest absolute Gasteiger partial charge is 0.167 e. The molecule has 1 N–H and O–H groups in total. The Kier molecular flexibility index (Phi) is 3.21. The molecule has 0 bridgehead atoms. The van der Waals surface area contributed by atoms with E-state index in [1.807, 2.05) is 24.3 Å². The van der Waals surface area contributed by atoms with Gasteiger partial charge in [0.25, 0.3) is 0 Å². The van der Waals surface area contributed by atoms with Gasteiger partial charge in [-0.3, -0.25) is 0 Å². The average molecular weight is 258 g/mol. The van der Waals surface area contributed by atoms with Gasteiger partial charge in [-0.2, -0.15) is 0 Å². The number of ether oxygens (including phenoxy) is 1. The molecule has 0 spiro atoms. The second kappa shape index (κ2) is 5.01. The highest BCUT2D eigenvalue weighted by molar-refractivity contribution is 5.64.